The molecule has 0 spiro atoms. The van der Waals surface area contributed by atoms with Crippen LogP contribution in [0.3, 0.4) is 0 Å². The Balaban J connectivity index is 2.33. The van der Waals surface area contributed by atoms with Crippen molar-refractivity contribution in [1.82, 2.24) is 4.72 Å². The van der Waals surface area contributed by atoms with Crippen LogP contribution < -0.4 is 4.72 Å². The molecule has 0 amide bonds. The first-order valence-electron chi connectivity index (χ1n) is 7.96. The molecule has 1 aromatic carbocycles. The third-order valence-corrected chi connectivity index (χ3v) is 6.89. The van der Waals surface area contributed by atoms with Gasteiger partial charge in [-0.15, -0.1) is 0 Å². The van der Waals surface area contributed by atoms with E-state index in [1.165, 1.54) is 0 Å². The molecular weight excluding hydrogens is 314 g/mol. The van der Waals surface area contributed by atoms with Gasteiger partial charge in [0.05, 0.1) is 10.5 Å². The fourth-order valence-electron chi connectivity index (χ4n) is 3.10. The Morgan fingerprint density at radius 2 is 1.39 bits per heavy atom. The van der Waals surface area contributed by atoms with Crippen LogP contribution in [0, 0.1) is 34.6 Å². The zero-order valence-corrected chi connectivity index (χ0v) is 15.4. The molecule has 1 aliphatic heterocycles. The van der Waals surface area contributed by atoms with Gasteiger partial charge in [-0.05, 0) is 62.4 Å². The van der Waals surface area contributed by atoms with Crippen molar-refractivity contribution in [3.05, 3.63) is 27.8 Å². The van der Waals surface area contributed by atoms with E-state index in [2.05, 4.69) is 4.72 Å². The normalized spacial score (nSPS) is 18.2. The molecule has 6 heteroatoms. The van der Waals surface area contributed by atoms with Gasteiger partial charge in [-0.1, -0.05) is 0 Å². The van der Waals surface area contributed by atoms with Gasteiger partial charge in [0.1, 0.15) is 0 Å². The summed E-state index contributed by atoms with van der Waals surface area (Å²) in [6.07, 6.45) is 0.888. The summed E-state index contributed by atoms with van der Waals surface area (Å²) < 4.78 is 33.5. The topological polar surface area (TPSA) is 75.6 Å². The Labute approximate surface area is 139 Å². The summed E-state index contributed by atoms with van der Waals surface area (Å²) in [4.78, 5) is 0.341. The zero-order valence-electron chi connectivity index (χ0n) is 14.6. The third-order valence-electron chi connectivity index (χ3n) is 5.21. The molecule has 1 heterocycles. The fourth-order valence-corrected chi connectivity index (χ4v) is 4.81. The van der Waals surface area contributed by atoms with E-state index >= 15 is 0 Å². The standard InChI is InChI=1S/C17H27NO4S/c1-11-12(2)14(4)16(15(5)13(11)3)23(20,21)18-10-17(19)6-8-22-9-7-17/h18-19H,6-10H2,1-5H3. The minimum absolute atomic E-state index is 0.0174. The molecule has 2 rings (SSSR count). The van der Waals surface area contributed by atoms with Crippen LogP contribution in [-0.4, -0.2) is 38.9 Å². The maximum Gasteiger partial charge on any atom is 0.241 e. The average molecular weight is 341 g/mol. The number of aliphatic hydroxyl groups is 1. The Hall–Kier alpha value is -0.950. The maximum atomic E-state index is 12.8. The van der Waals surface area contributed by atoms with Gasteiger partial charge in [0.2, 0.25) is 10.0 Å². The maximum absolute atomic E-state index is 12.8. The van der Waals surface area contributed by atoms with Gasteiger partial charge in [-0.25, -0.2) is 13.1 Å². The lowest BCUT2D eigenvalue weighted by atomic mass is 9.95. The van der Waals surface area contributed by atoms with Crippen molar-refractivity contribution in [1.29, 1.82) is 0 Å². The van der Waals surface area contributed by atoms with Crippen LogP contribution in [0.2, 0.25) is 0 Å². The molecule has 0 aromatic heterocycles. The molecule has 5 nitrogen and oxygen atoms in total. The molecule has 23 heavy (non-hydrogen) atoms. The van der Waals surface area contributed by atoms with E-state index in [0.717, 1.165) is 27.8 Å². The number of sulfonamides is 1. The lowest BCUT2D eigenvalue weighted by molar-refractivity contribution is -0.0588. The van der Waals surface area contributed by atoms with Gasteiger partial charge in [-0.2, -0.15) is 0 Å². The molecule has 0 atom stereocenters. The van der Waals surface area contributed by atoms with Gasteiger partial charge < -0.3 is 9.84 Å². The molecule has 0 bridgehead atoms. The van der Waals surface area contributed by atoms with E-state index in [1.807, 2.05) is 34.6 Å². The van der Waals surface area contributed by atoms with Gasteiger partial charge >= 0.3 is 0 Å². The Kier molecular flexibility index (Phi) is 5.21. The summed E-state index contributed by atoms with van der Waals surface area (Å²) in [7, 11) is -3.67. The van der Waals surface area contributed by atoms with E-state index in [0.29, 0.717) is 31.0 Å². The lowest BCUT2D eigenvalue weighted by Gasteiger charge is -2.32. The monoisotopic (exact) mass is 341 g/mol. The zero-order chi connectivity index (χ0) is 17.4. The predicted octanol–water partition coefficient (Wildman–Crippen LogP) is 2.05. The number of nitrogens with one attached hydrogen (secondary N) is 1. The van der Waals surface area contributed by atoms with E-state index in [9.17, 15) is 13.5 Å². The number of hydrogen-bond donors (Lipinski definition) is 2. The molecule has 0 aliphatic carbocycles. The first kappa shape index (κ1) is 18.4. The second-order valence-corrected chi connectivity index (χ2v) is 8.32. The van der Waals surface area contributed by atoms with Gasteiger partial charge in [0, 0.05) is 32.6 Å². The van der Waals surface area contributed by atoms with E-state index in [-0.39, 0.29) is 6.54 Å². The highest BCUT2D eigenvalue weighted by atomic mass is 32.2. The molecule has 0 radical (unpaired) electrons. The molecule has 1 fully saturated rings. The van der Waals surface area contributed by atoms with Crippen molar-refractivity contribution in [2.75, 3.05) is 19.8 Å². The second-order valence-electron chi connectivity index (χ2n) is 6.62. The van der Waals surface area contributed by atoms with Crippen molar-refractivity contribution in [3.8, 4) is 0 Å². The van der Waals surface area contributed by atoms with Crippen LogP contribution in [0.25, 0.3) is 0 Å². The summed E-state index contributed by atoms with van der Waals surface area (Å²) in [5, 5.41) is 10.5. The third kappa shape index (κ3) is 3.60. The van der Waals surface area contributed by atoms with Crippen LogP contribution in [0.15, 0.2) is 4.90 Å². The van der Waals surface area contributed by atoms with Crippen molar-refractivity contribution < 1.29 is 18.3 Å². The highest BCUT2D eigenvalue weighted by Gasteiger charge is 2.32. The average Bonchev–Trinajstić information content (AvgIpc) is 2.50. The summed E-state index contributed by atoms with van der Waals surface area (Å²) in [5.74, 6) is 0. The largest absolute Gasteiger partial charge is 0.388 e. The van der Waals surface area contributed by atoms with E-state index in [1.54, 1.807) is 0 Å². The lowest BCUT2D eigenvalue weighted by Crippen LogP contribution is -2.46. The minimum atomic E-state index is -3.67. The molecular formula is C17H27NO4S. The SMILES string of the molecule is Cc1c(C)c(C)c(S(=O)(=O)NCC2(O)CCOCC2)c(C)c1C. The second kappa shape index (κ2) is 6.51. The molecule has 1 aliphatic rings. The van der Waals surface area contributed by atoms with Crippen molar-refractivity contribution in [2.24, 2.45) is 0 Å². The van der Waals surface area contributed by atoms with Crippen molar-refractivity contribution in [3.63, 3.8) is 0 Å². The highest BCUT2D eigenvalue weighted by Crippen LogP contribution is 2.30. The highest BCUT2D eigenvalue weighted by molar-refractivity contribution is 7.89. The molecule has 2 N–H and O–H groups in total. The summed E-state index contributed by atoms with van der Waals surface area (Å²) in [5.41, 5.74) is 3.65. The van der Waals surface area contributed by atoms with Crippen LogP contribution in [-0.2, 0) is 14.8 Å². The van der Waals surface area contributed by atoms with E-state index in [4.69, 9.17) is 4.74 Å². The number of benzene rings is 1. The van der Waals surface area contributed by atoms with Crippen molar-refractivity contribution in [2.45, 2.75) is 58.0 Å². The molecule has 130 valence electrons. The van der Waals surface area contributed by atoms with Gasteiger partial charge in [-0.3, -0.25) is 0 Å². The number of rotatable bonds is 4. The summed E-state index contributed by atoms with van der Waals surface area (Å²) in [6.45, 7) is 10.5. The Bertz CT molecular complexity index is 675. The van der Waals surface area contributed by atoms with Crippen molar-refractivity contribution >= 4 is 10.0 Å². The van der Waals surface area contributed by atoms with Crippen LogP contribution in [0.4, 0.5) is 0 Å². The quantitative estimate of drug-likeness (QED) is 0.879. The molecule has 1 aromatic rings. The first-order valence-corrected chi connectivity index (χ1v) is 9.44. The number of hydrogen-bond acceptors (Lipinski definition) is 4. The Morgan fingerprint density at radius 1 is 0.957 bits per heavy atom. The predicted molar refractivity (Wildman–Crippen MR) is 90.3 cm³/mol. The smallest absolute Gasteiger partial charge is 0.241 e. The molecule has 0 unspecified atom stereocenters. The van der Waals surface area contributed by atoms with Crippen LogP contribution in [0.5, 0.6) is 0 Å². The van der Waals surface area contributed by atoms with E-state index < -0.39 is 15.6 Å². The van der Waals surface area contributed by atoms with Gasteiger partial charge in [0.25, 0.3) is 0 Å². The first-order chi connectivity index (χ1) is 10.6. The minimum Gasteiger partial charge on any atom is -0.388 e. The molecule has 1 saturated heterocycles. The van der Waals surface area contributed by atoms with Gasteiger partial charge in [0.15, 0.2) is 0 Å². The fraction of sp³-hybridized carbons (Fsp3) is 0.647. The Morgan fingerprint density at radius 3 is 1.87 bits per heavy atom. The number of ether oxygens (including phenoxy) is 1. The molecule has 0 saturated carbocycles. The van der Waals surface area contributed by atoms with Crippen LogP contribution >= 0.6 is 0 Å². The van der Waals surface area contributed by atoms with Crippen LogP contribution in [0.1, 0.15) is 40.7 Å². The summed E-state index contributed by atoms with van der Waals surface area (Å²) >= 11 is 0. The summed E-state index contributed by atoms with van der Waals surface area (Å²) in [6, 6.07) is 0.